The van der Waals surface area contributed by atoms with Crippen molar-refractivity contribution >= 4 is 34.2 Å². The zero-order valence-electron chi connectivity index (χ0n) is 10.5. The minimum Gasteiger partial charge on any atom is -0.485 e. The van der Waals surface area contributed by atoms with E-state index < -0.39 is 6.10 Å². The summed E-state index contributed by atoms with van der Waals surface area (Å²) in [5.74, 6) is 1.06. The lowest BCUT2D eigenvalue weighted by Gasteiger charge is -2.25. The summed E-state index contributed by atoms with van der Waals surface area (Å²) in [6, 6.07) is 14.9. The van der Waals surface area contributed by atoms with Crippen LogP contribution in [0.15, 0.2) is 48.5 Å². The van der Waals surface area contributed by atoms with Gasteiger partial charge in [0.25, 0.3) is 5.91 Å². The van der Waals surface area contributed by atoms with E-state index in [1.807, 2.05) is 42.5 Å². The zero-order chi connectivity index (χ0) is 13.9. The predicted octanol–water partition coefficient (Wildman–Crippen LogP) is 3.07. The number of fused-ring (bicyclic) bond motifs is 1. The third-order valence-corrected chi connectivity index (χ3v) is 3.63. The first kappa shape index (κ1) is 13.2. The maximum Gasteiger partial charge on any atom is 0.269 e. The fourth-order valence-electron chi connectivity index (χ4n) is 1.90. The molecule has 2 aromatic rings. The Labute approximate surface area is 130 Å². The van der Waals surface area contributed by atoms with Gasteiger partial charge in [-0.2, -0.15) is 0 Å². The summed E-state index contributed by atoms with van der Waals surface area (Å²) in [6.45, 7) is 0.215. The summed E-state index contributed by atoms with van der Waals surface area (Å²) in [5, 5.41) is 2.82. The largest absolute Gasteiger partial charge is 0.485 e. The van der Waals surface area contributed by atoms with Crippen LogP contribution in [-0.4, -0.2) is 18.6 Å². The van der Waals surface area contributed by atoms with Crippen LogP contribution in [0, 0.1) is 3.57 Å². The number of carbonyl (C=O) groups is 1. The molecule has 0 radical (unpaired) electrons. The number of hydrogen-bond donors (Lipinski definition) is 1. The third kappa shape index (κ3) is 2.87. The molecule has 102 valence electrons. The number of carbonyl (C=O) groups excluding carboxylic acids is 1. The summed E-state index contributed by atoms with van der Waals surface area (Å²) in [6.07, 6.45) is -0.635. The van der Waals surface area contributed by atoms with Gasteiger partial charge in [-0.25, -0.2) is 0 Å². The Bertz CT molecular complexity index is 627. The highest BCUT2D eigenvalue weighted by molar-refractivity contribution is 14.1. The normalized spacial score (nSPS) is 16.6. The highest BCUT2D eigenvalue weighted by Crippen LogP contribution is 2.31. The van der Waals surface area contributed by atoms with Crippen molar-refractivity contribution in [2.45, 2.75) is 6.10 Å². The van der Waals surface area contributed by atoms with Crippen LogP contribution >= 0.6 is 22.6 Å². The summed E-state index contributed by atoms with van der Waals surface area (Å²) in [7, 11) is 0. The monoisotopic (exact) mass is 381 g/mol. The van der Waals surface area contributed by atoms with E-state index in [2.05, 4.69) is 27.9 Å². The Hall–Kier alpha value is -1.76. The summed E-state index contributed by atoms with van der Waals surface area (Å²) in [5.41, 5.74) is 0.748. The van der Waals surface area contributed by atoms with E-state index in [-0.39, 0.29) is 12.5 Å². The first-order chi connectivity index (χ1) is 9.72. The van der Waals surface area contributed by atoms with Gasteiger partial charge in [-0.05, 0) is 59.0 Å². The zero-order valence-corrected chi connectivity index (χ0v) is 12.7. The fourth-order valence-corrected chi connectivity index (χ4v) is 2.26. The van der Waals surface area contributed by atoms with Crippen LogP contribution in [0.2, 0.25) is 0 Å². The van der Waals surface area contributed by atoms with Crippen molar-refractivity contribution in [1.82, 2.24) is 0 Å². The maximum atomic E-state index is 12.1. The van der Waals surface area contributed by atoms with Crippen LogP contribution in [-0.2, 0) is 4.79 Å². The smallest absolute Gasteiger partial charge is 0.269 e. The summed E-state index contributed by atoms with van der Waals surface area (Å²) in [4.78, 5) is 12.1. The Morgan fingerprint density at radius 3 is 2.55 bits per heavy atom. The van der Waals surface area contributed by atoms with Crippen molar-refractivity contribution < 1.29 is 14.3 Å². The number of anilines is 1. The van der Waals surface area contributed by atoms with Crippen molar-refractivity contribution in [3.8, 4) is 11.5 Å². The standard InChI is InChI=1S/C15H12INO3/c16-10-5-7-11(8-6-10)17-15(18)14-9-19-12-3-1-2-4-13(12)20-14/h1-8,14H,9H2,(H,17,18)/t14-/m0/s1. The molecule has 4 nitrogen and oxygen atoms in total. The minimum atomic E-state index is -0.635. The molecule has 0 saturated carbocycles. The van der Waals surface area contributed by atoms with Gasteiger partial charge < -0.3 is 14.8 Å². The molecule has 0 bridgehead atoms. The van der Waals surface area contributed by atoms with Gasteiger partial charge in [0, 0.05) is 9.26 Å². The van der Waals surface area contributed by atoms with Gasteiger partial charge in [0.05, 0.1) is 0 Å². The van der Waals surface area contributed by atoms with Gasteiger partial charge in [-0.15, -0.1) is 0 Å². The van der Waals surface area contributed by atoms with Gasteiger partial charge in [-0.1, -0.05) is 12.1 Å². The van der Waals surface area contributed by atoms with E-state index >= 15 is 0 Å². The number of halogens is 1. The van der Waals surface area contributed by atoms with E-state index in [4.69, 9.17) is 9.47 Å². The second-order valence-electron chi connectivity index (χ2n) is 4.36. The third-order valence-electron chi connectivity index (χ3n) is 2.91. The molecule has 0 aliphatic carbocycles. The minimum absolute atomic E-state index is 0.208. The van der Waals surface area contributed by atoms with Crippen LogP contribution in [0.3, 0.4) is 0 Å². The number of nitrogens with one attached hydrogen (secondary N) is 1. The second-order valence-corrected chi connectivity index (χ2v) is 5.61. The average molecular weight is 381 g/mol. The first-order valence-electron chi connectivity index (χ1n) is 6.17. The number of ether oxygens (including phenoxy) is 2. The van der Waals surface area contributed by atoms with Gasteiger partial charge in [0.1, 0.15) is 6.61 Å². The molecular formula is C15H12INO3. The molecule has 0 spiro atoms. The molecule has 3 rings (SSSR count). The molecule has 1 heterocycles. The molecule has 1 N–H and O–H groups in total. The Morgan fingerprint density at radius 1 is 1.10 bits per heavy atom. The SMILES string of the molecule is O=C(Nc1ccc(I)cc1)[C@@H]1COc2ccccc2O1. The lowest BCUT2D eigenvalue weighted by atomic mass is 10.2. The molecule has 0 fully saturated rings. The lowest BCUT2D eigenvalue weighted by molar-refractivity contribution is -0.125. The van der Waals surface area contributed by atoms with E-state index in [0.29, 0.717) is 11.5 Å². The molecule has 1 amide bonds. The molecule has 1 atom stereocenters. The fraction of sp³-hybridized carbons (Fsp3) is 0.133. The van der Waals surface area contributed by atoms with Crippen molar-refractivity contribution in [3.63, 3.8) is 0 Å². The summed E-state index contributed by atoms with van der Waals surface area (Å²) < 4.78 is 12.3. The number of amides is 1. The lowest BCUT2D eigenvalue weighted by Crippen LogP contribution is -2.40. The Morgan fingerprint density at radius 2 is 1.80 bits per heavy atom. The van der Waals surface area contributed by atoms with E-state index in [9.17, 15) is 4.79 Å². The number of hydrogen-bond acceptors (Lipinski definition) is 3. The highest BCUT2D eigenvalue weighted by atomic mass is 127. The van der Waals surface area contributed by atoms with Crippen LogP contribution in [0.25, 0.3) is 0 Å². The van der Waals surface area contributed by atoms with Gasteiger partial charge in [0.15, 0.2) is 11.5 Å². The van der Waals surface area contributed by atoms with Crippen molar-refractivity contribution in [1.29, 1.82) is 0 Å². The highest BCUT2D eigenvalue weighted by Gasteiger charge is 2.27. The average Bonchev–Trinajstić information content (AvgIpc) is 2.49. The van der Waals surface area contributed by atoms with Crippen LogP contribution in [0.5, 0.6) is 11.5 Å². The molecule has 1 aliphatic heterocycles. The van der Waals surface area contributed by atoms with Crippen molar-refractivity contribution in [3.05, 3.63) is 52.1 Å². The Kier molecular flexibility index (Phi) is 3.77. The van der Waals surface area contributed by atoms with Crippen LogP contribution < -0.4 is 14.8 Å². The van der Waals surface area contributed by atoms with Crippen molar-refractivity contribution in [2.75, 3.05) is 11.9 Å². The van der Waals surface area contributed by atoms with Gasteiger partial charge >= 0.3 is 0 Å². The second kappa shape index (κ2) is 5.70. The van der Waals surface area contributed by atoms with Crippen LogP contribution in [0.4, 0.5) is 5.69 Å². The molecule has 20 heavy (non-hydrogen) atoms. The molecular weight excluding hydrogens is 369 g/mol. The molecule has 0 unspecified atom stereocenters. The number of rotatable bonds is 2. The van der Waals surface area contributed by atoms with Gasteiger partial charge in [0.2, 0.25) is 6.10 Å². The van der Waals surface area contributed by atoms with E-state index in [1.165, 1.54) is 0 Å². The topological polar surface area (TPSA) is 47.6 Å². The predicted molar refractivity (Wildman–Crippen MR) is 84.1 cm³/mol. The molecule has 2 aromatic carbocycles. The van der Waals surface area contributed by atoms with Gasteiger partial charge in [-0.3, -0.25) is 4.79 Å². The molecule has 1 aliphatic rings. The number of para-hydroxylation sites is 2. The van der Waals surface area contributed by atoms with Crippen LogP contribution in [0.1, 0.15) is 0 Å². The molecule has 5 heteroatoms. The van der Waals surface area contributed by atoms with E-state index in [0.717, 1.165) is 9.26 Å². The van der Waals surface area contributed by atoms with Crippen molar-refractivity contribution in [2.24, 2.45) is 0 Å². The first-order valence-corrected chi connectivity index (χ1v) is 7.25. The Balaban J connectivity index is 1.68. The molecule has 0 aromatic heterocycles. The quantitative estimate of drug-likeness (QED) is 0.814. The summed E-state index contributed by atoms with van der Waals surface area (Å²) >= 11 is 2.22. The van der Waals surface area contributed by atoms with E-state index in [1.54, 1.807) is 6.07 Å². The molecule has 0 saturated heterocycles. The maximum absolute atomic E-state index is 12.1. The number of benzene rings is 2.